The van der Waals surface area contributed by atoms with Crippen LogP contribution in [0.2, 0.25) is 0 Å². The van der Waals surface area contributed by atoms with Crippen LogP contribution in [0.3, 0.4) is 0 Å². The average molecular weight is 362 g/mol. The van der Waals surface area contributed by atoms with Gasteiger partial charge >= 0.3 is 18.1 Å². The highest BCUT2D eigenvalue weighted by Gasteiger charge is 2.30. The summed E-state index contributed by atoms with van der Waals surface area (Å²) in [7, 11) is 0. The number of hydrogen-bond donors (Lipinski definition) is 3. The number of aromatic amines is 1. The Labute approximate surface area is 138 Å². The van der Waals surface area contributed by atoms with E-state index in [0.717, 1.165) is 18.2 Å². The van der Waals surface area contributed by atoms with E-state index in [2.05, 4.69) is 9.97 Å². The Balaban J connectivity index is 0.000000413. The number of nitrogens with one attached hydrogen (secondary N) is 1. The van der Waals surface area contributed by atoms with Crippen LogP contribution in [-0.4, -0.2) is 37.9 Å². The normalized spacial score (nSPS) is 10.6. The number of carboxylic acids is 2. The molecule has 2 rings (SSSR count). The molecule has 0 fully saturated rings. The number of aliphatic carboxylic acids is 2. The summed E-state index contributed by atoms with van der Waals surface area (Å²) in [4.78, 5) is 25.7. The number of H-pyrrole nitrogens is 1. The molecule has 1 aromatic carbocycles. The third-order valence-corrected chi connectivity index (χ3v) is 3.53. The van der Waals surface area contributed by atoms with Gasteiger partial charge in [0, 0.05) is 22.5 Å². The smallest absolute Gasteiger partial charge is 0.416 e. The summed E-state index contributed by atoms with van der Waals surface area (Å²) < 4.78 is 37.5. The molecular weight excluding hydrogens is 349 g/mol. The summed E-state index contributed by atoms with van der Waals surface area (Å²) in [5, 5.41) is 14.8. The standard InChI is InChI=1S/C12H11F3N2S.C2H2O4/c13-12(14,15)9-2-1-3-11(6-9)18-5-4-10-7-16-8-17-10;3-1(4)2(5)6/h1-3,6-8H,4-5H2,(H,16,17);(H,3,4)(H,5,6). The number of aromatic nitrogens is 2. The van der Waals surface area contributed by atoms with E-state index in [1.54, 1.807) is 18.6 Å². The fourth-order valence-corrected chi connectivity index (χ4v) is 2.41. The van der Waals surface area contributed by atoms with Gasteiger partial charge in [-0.3, -0.25) is 0 Å². The molecular formula is C14H13F3N2O4S. The second kappa shape index (κ2) is 8.96. The van der Waals surface area contributed by atoms with Crippen molar-refractivity contribution in [1.29, 1.82) is 0 Å². The number of benzene rings is 1. The number of aryl methyl sites for hydroxylation is 1. The van der Waals surface area contributed by atoms with Gasteiger partial charge in [-0.15, -0.1) is 11.8 Å². The van der Waals surface area contributed by atoms with Crippen LogP contribution in [0.4, 0.5) is 13.2 Å². The zero-order valence-corrected chi connectivity index (χ0v) is 12.9. The highest BCUT2D eigenvalue weighted by atomic mass is 32.2. The summed E-state index contributed by atoms with van der Waals surface area (Å²) >= 11 is 1.40. The third-order valence-electron chi connectivity index (χ3n) is 2.54. The van der Waals surface area contributed by atoms with E-state index in [-0.39, 0.29) is 0 Å². The van der Waals surface area contributed by atoms with Crippen LogP contribution in [0.1, 0.15) is 11.3 Å². The Bertz CT molecular complexity index is 663. The first-order valence-corrected chi connectivity index (χ1v) is 7.42. The molecule has 1 heterocycles. The molecule has 0 radical (unpaired) electrons. The number of thioether (sulfide) groups is 1. The summed E-state index contributed by atoms with van der Waals surface area (Å²) in [6, 6.07) is 5.38. The van der Waals surface area contributed by atoms with E-state index in [9.17, 15) is 13.2 Å². The van der Waals surface area contributed by atoms with Gasteiger partial charge < -0.3 is 15.2 Å². The van der Waals surface area contributed by atoms with Gasteiger partial charge in [0.05, 0.1) is 11.9 Å². The van der Waals surface area contributed by atoms with Gasteiger partial charge in [-0.1, -0.05) is 6.07 Å². The Morgan fingerprint density at radius 3 is 2.38 bits per heavy atom. The molecule has 0 spiro atoms. The Kier molecular flexibility index (Phi) is 7.31. The quantitative estimate of drug-likeness (QED) is 0.571. The van der Waals surface area contributed by atoms with Crippen molar-refractivity contribution in [3.63, 3.8) is 0 Å². The Morgan fingerprint density at radius 1 is 1.21 bits per heavy atom. The van der Waals surface area contributed by atoms with Crippen LogP contribution in [0.5, 0.6) is 0 Å². The van der Waals surface area contributed by atoms with Crippen molar-refractivity contribution in [2.45, 2.75) is 17.5 Å². The van der Waals surface area contributed by atoms with Gasteiger partial charge in [0.2, 0.25) is 0 Å². The maximum atomic E-state index is 12.5. The molecule has 24 heavy (non-hydrogen) atoms. The van der Waals surface area contributed by atoms with Crippen LogP contribution < -0.4 is 0 Å². The monoisotopic (exact) mass is 362 g/mol. The average Bonchev–Trinajstić information content (AvgIpc) is 3.00. The second-order valence-electron chi connectivity index (χ2n) is 4.31. The molecule has 0 atom stereocenters. The fraction of sp³-hybridized carbons (Fsp3) is 0.214. The third kappa shape index (κ3) is 7.18. The number of rotatable bonds is 4. The summed E-state index contributed by atoms with van der Waals surface area (Å²) in [5.74, 6) is -2.94. The number of hydrogen-bond acceptors (Lipinski definition) is 4. The highest BCUT2D eigenvalue weighted by Crippen LogP contribution is 2.31. The molecule has 0 aliphatic rings. The lowest BCUT2D eigenvalue weighted by molar-refractivity contribution is -0.159. The summed E-state index contributed by atoms with van der Waals surface area (Å²) in [6.45, 7) is 0. The Hall–Kier alpha value is -2.49. The lowest BCUT2D eigenvalue weighted by Gasteiger charge is -2.08. The largest absolute Gasteiger partial charge is 0.473 e. The van der Waals surface area contributed by atoms with Gasteiger partial charge in [0.15, 0.2) is 0 Å². The van der Waals surface area contributed by atoms with Crippen molar-refractivity contribution in [2.75, 3.05) is 5.75 Å². The second-order valence-corrected chi connectivity index (χ2v) is 5.48. The molecule has 0 saturated heterocycles. The molecule has 0 bridgehead atoms. The number of carbonyl (C=O) groups is 2. The number of carboxylic acid groups (broad SMARTS) is 2. The van der Waals surface area contributed by atoms with E-state index >= 15 is 0 Å². The molecule has 0 unspecified atom stereocenters. The van der Waals surface area contributed by atoms with Gasteiger partial charge in [-0.2, -0.15) is 13.2 Å². The van der Waals surface area contributed by atoms with Crippen molar-refractivity contribution in [2.24, 2.45) is 0 Å². The molecule has 0 amide bonds. The molecule has 1 aromatic heterocycles. The predicted octanol–water partition coefficient (Wildman–Crippen LogP) is 2.92. The van der Waals surface area contributed by atoms with Crippen LogP contribution in [0.25, 0.3) is 0 Å². The molecule has 10 heteroatoms. The number of imidazole rings is 1. The minimum atomic E-state index is -4.28. The van der Waals surface area contributed by atoms with Crippen LogP contribution in [0, 0.1) is 0 Å². The van der Waals surface area contributed by atoms with Crippen LogP contribution in [0.15, 0.2) is 41.7 Å². The van der Waals surface area contributed by atoms with Gasteiger partial charge in [-0.25, -0.2) is 14.6 Å². The zero-order chi connectivity index (χ0) is 18.2. The van der Waals surface area contributed by atoms with Crippen molar-refractivity contribution in [3.05, 3.63) is 48.0 Å². The number of halogens is 3. The molecule has 3 N–H and O–H groups in total. The van der Waals surface area contributed by atoms with E-state index in [1.165, 1.54) is 23.9 Å². The zero-order valence-electron chi connectivity index (χ0n) is 12.1. The Morgan fingerprint density at radius 2 is 1.88 bits per heavy atom. The van der Waals surface area contributed by atoms with E-state index in [4.69, 9.17) is 19.8 Å². The van der Waals surface area contributed by atoms with Gasteiger partial charge in [0.25, 0.3) is 0 Å². The predicted molar refractivity (Wildman–Crippen MR) is 79.7 cm³/mol. The van der Waals surface area contributed by atoms with Crippen molar-refractivity contribution in [1.82, 2.24) is 9.97 Å². The number of alkyl halides is 3. The SMILES string of the molecule is FC(F)(F)c1cccc(SCCc2cnc[nH]2)c1.O=C(O)C(=O)O. The van der Waals surface area contributed by atoms with Crippen LogP contribution in [-0.2, 0) is 22.2 Å². The molecule has 6 nitrogen and oxygen atoms in total. The van der Waals surface area contributed by atoms with E-state index in [0.29, 0.717) is 10.6 Å². The number of nitrogens with zero attached hydrogens (tertiary/aromatic N) is 1. The summed E-state index contributed by atoms with van der Waals surface area (Å²) in [5.41, 5.74) is 0.378. The first-order chi connectivity index (χ1) is 11.2. The maximum absolute atomic E-state index is 12.5. The summed E-state index contributed by atoms with van der Waals surface area (Å²) in [6.07, 6.45) is -0.224. The van der Waals surface area contributed by atoms with E-state index < -0.39 is 23.7 Å². The fourth-order valence-electron chi connectivity index (χ4n) is 1.46. The topological polar surface area (TPSA) is 103 Å². The maximum Gasteiger partial charge on any atom is 0.416 e. The highest BCUT2D eigenvalue weighted by molar-refractivity contribution is 7.99. The van der Waals surface area contributed by atoms with Crippen LogP contribution >= 0.6 is 11.8 Å². The minimum absolute atomic E-state index is 0.603. The van der Waals surface area contributed by atoms with Crippen molar-refractivity contribution < 1.29 is 33.0 Å². The molecule has 0 aliphatic carbocycles. The lowest BCUT2D eigenvalue weighted by Crippen LogP contribution is -2.09. The van der Waals surface area contributed by atoms with E-state index in [1.807, 2.05) is 0 Å². The molecule has 0 saturated carbocycles. The van der Waals surface area contributed by atoms with Gasteiger partial charge in [0.1, 0.15) is 0 Å². The van der Waals surface area contributed by atoms with Crippen molar-refractivity contribution in [3.8, 4) is 0 Å². The first-order valence-electron chi connectivity index (χ1n) is 6.43. The molecule has 130 valence electrons. The van der Waals surface area contributed by atoms with Crippen molar-refractivity contribution >= 4 is 23.7 Å². The first kappa shape index (κ1) is 19.6. The molecule has 0 aliphatic heterocycles. The van der Waals surface area contributed by atoms with Gasteiger partial charge in [-0.05, 0) is 24.6 Å². The minimum Gasteiger partial charge on any atom is -0.473 e. The molecule has 2 aromatic rings. The lowest BCUT2D eigenvalue weighted by atomic mass is 10.2.